The summed E-state index contributed by atoms with van der Waals surface area (Å²) in [6.45, 7) is 0. The van der Waals surface area contributed by atoms with Crippen molar-refractivity contribution in [3.05, 3.63) is 35.9 Å². The lowest BCUT2D eigenvalue weighted by Gasteiger charge is -2.19. The first-order chi connectivity index (χ1) is 8.66. The van der Waals surface area contributed by atoms with Gasteiger partial charge in [-0.3, -0.25) is 0 Å². The topological polar surface area (TPSA) is 29.5 Å². The lowest BCUT2D eigenvalue weighted by atomic mass is 10.1. The van der Waals surface area contributed by atoms with Crippen molar-refractivity contribution < 1.29 is 9.53 Å². The normalized spacial score (nSPS) is 19.1. The lowest BCUT2D eigenvalue weighted by Crippen LogP contribution is -2.31. The molecule has 4 heteroatoms. The highest BCUT2D eigenvalue weighted by Gasteiger charge is 2.35. The van der Waals surface area contributed by atoms with Crippen molar-refractivity contribution in [3.8, 4) is 0 Å². The molecule has 1 amide bonds. The van der Waals surface area contributed by atoms with Crippen LogP contribution in [0.2, 0.25) is 0 Å². The fourth-order valence-electron chi connectivity index (χ4n) is 1.78. The van der Waals surface area contributed by atoms with Crippen LogP contribution >= 0.6 is 11.8 Å². The van der Waals surface area contributed by atoms with Crippen LogP contribution in [0.1, 0.15) is 12.0 Å². The smallest absolute Gasteiger partial charge is 0.409 e. The standard InChI is InChI=1S/C14H19NO2S/c1-15(2)14(16)17-12(13-10-18-13)9-8-11-6-4-3-5-7-11/h3-7,12-13H,8-10H2,1-2H3/t12-,13+/m0/s1. The van der Waals surface area contributed by atoms with Gasteiger partial charge in [0.15, 0.2) is 0 Å². The van der Waals surface area contributed by atoms with Crippen LogP contribution in [0.15, 0.2) is 30.3 Å². The Hall–Kier alpha value is -1.16. The summed E-state index contributed by atoms with van der Waals surface area (Å²) in [7, 11) is 3.44. The van der Waals surface area contributed by atoms with Gasteiger partial charge in [-0.25, -0.2) is 4.79 Å². The number of rotatable bonds is 5. The number of hydrogen-bond acceptors (Lipinski definition) is 3. The Morgan fingerprint density at radius 2 is 2.11 bits per heavy atom. The zero-order valence-corrected chi connectivity index (χ0v) is 11.7. The average molecular weight is 265 g/mol. The van der Waals surface area contributed by atoms with Gasteiger partial charge in [0.25, 0.3) is 0 Å². The fraction of sp³-hybridized carbons (Fsp3) is 0.500. The maximum Gasteiger partial charge on any atom is 0.409 e. The number of carbonyl (C=O) groups is 1. The van der Waals surface area contributed by atoms with Gasteiger partial charge in [-0.05, 0) is 18.4 Å². The molecule has 0 unspecified atom stereocenters. The van der Waals surface area contributed by atoms with Gasteiger partial charge in [0, 0.05) is 19.8 Å². The zero-order chi connectivity index (χ0) is 13.0. The molecule has 0 aliphatic carbocycles. The number of thioether (sulfide) groups is 1. The molecule has 2 atom stereocenters. The predicted molar refractivity (Wildman–Crippen MR) is 75.0 cm³/mol. The quantitative estimate of drug-likeness (QED) is 0.767. The Balaban J connectivity index is 1.85. The Bertz CT molecular complexity index is 390. The molecule has 0 aromatic heterocycles. The van der Waals surface area contributed by atoms with E-state index in [2.05, 4.69) is 12.1 Å². The number of carbonyl (C=O) groups excluding carboxylic acids is 1. The third-order valence-electron chi connectivity index (χ3n) is 2.95. The summed E-state index contributed by atoms with van der Waals surface area (Å²) >= 11 is 1.87. The maximum atomic E-state index is 11.6. The van der Waals surface area contributed by atoms with E-state index in [1.807, 2.05) is 30.0 Å². The summed E-state index contributed by atoms with van der Waals surface area (Å²) in [5.41, 5.74) is 1.30. The van der Waals surface area contributed by atoms with Crippen molar-refractivity contribution in [3.63, 3.8) is 0 Å². The van der Waals surface area contributed by atoms with E-state index in [0.29, 0.717) is 5.25 Å². The highest BCUT2D eigenvalue weighted by Crippen LogP contribution is 2.36. The molecule has 1 aromatic rings. The second-order valence-corrected chi connectivity index (χ2v) is 5.98. The number of amides is 1. The van der Waals surface area contributed by atoms with Crippen molar-refractivity contribution in [2.45, 2.75) is 24.2 Å². The van der Waals surface area contributed by atoms with Gasteiger partial charge < -0.3 is 9.64 Å². The molecule has 1 fully saturated rings. The van der Waals surface area contributed by atoms with Crippen LogP contribution in [0.25, 0.3) is 0 Å². The largest absolute Gasteiger partial charge is 0.445 e. The first-order valence-electron chi connectivity index (χ1n) is 6.20. The molecule has 0 saturated carbocycles. The molecule has 0 spiro atoms. The maximum absolute atomic E-state index is 11.6. The van der Waals surface area contributed by atoms with Gasteiger partial charge in [0.1, 0.15) is 6.10 Å². The molecular formula is C14H19NO2S. The molecule has 0 N–H and O–H groups in total. The average Bonchev–Trinajstić information content (AvgIpc) is 3.19. The van der Waals surface area contributed by atoms with Crippen molar-refractivity contribution in [1.82, 2.24) is 4.90 Å². The summed E-state index contributed by atoms with van der Waals surface area (Å²) in [6, 6.07) is 10.3. The Morgan fingerprint density at radius 1 is 1.44 bits per heavy atom. The molecule has 1 aliphatic rings. The monoisotopic (exact) mass is 265 g/mol. The number of hydrogen-bond donors (Lipinski definition) is 0. The van der Waals surface area contributed by atoms with Crippen LogP contribution in [0.5, 0.6) is 0 Å². The van der Waals surface area contributed by atoms with E-state index in [9.17, 15) is 4.79 Å². The second-order valence-electron chi connectivity index (χ2n) is 4.71. The van der Waals surface area contributed by atoms with Crippen molar-refractivity contribution in [2.24, 2.45) is 0 Å². The van der Waals surface area contributed by atoms with Gasteiger partial charge >= 0.3 is 6.09 Å². The van der Waals surface area contributed by atoms with Gasteiger partial charge in [-0.2, -0.15) is 11.8 Å². The van der Waals surface area contributed by atoms with Gasteiger partial charge in [-0.1, -0.05) is 30.3 Å². The molecule has 0 bridgehead atoms. The van der Waals surface area contributed by atoms with E-state index in [-0.39, 0.29) is 12.2 Å². The molecule has 1 saturated heterocycles. The van der Waals surface area contributed by atoms with E-state index in [0.717, 1.165) is 18.6 Å². The highest BCUT2D eigenvalue weighted by atomic mass is 32.2. The molecule has 0 radical (unpaired) electrons. The summed E-state index contributed by atoms with van der Waals surface area (Å²) in [5, 5.41) is 0.498. The van der Waals surface area contributed by atoms with E-state index in [1.54, 1.807) is 14.1 Å². The van der Waals surface area contributed by atoms with Crippen molar-refractivity contribution in [2.75, 3.05) is 19.8 Å². The third kappa shape index (κ3) is 3.95. The van der Waals surface area contributed by atoms with Crippen molar-refractivity contribution in [1.29, 1.82) is 0 Å². The summed E-state index contributed by atoms with van der Waals surface area (Å²) in [6.07, 6.45) is 1.68. The Morgan fingerprint density at radius 3 is 2.67 bits per heavy atom. The SMILES string of the molecule is CN(C)C(=O)O[C@@H](CCc1ccccc1)[C@H]1CS1. The summed E-state index contributed by atoms with van der Waals surface area (Å²) < 4.78 is 5.52. The number of benzene rings is 1. The fourth-order valence-corrected chi connectivity index (χ4v) is 2.51. The summed E-state index contributed by atoms with van der Waals surface area (Å²) in [5.74, 6) is 1.11. The minimum absolute atomic E-state index is 0.0464. The lowest BCUT2D eigenvalue weighted by molar-refractivity contribution is 0.0745. The molecule has 2 rings (SSSR count). The van der Waals surface area contributed by atoms with E-state index >= 15 is 0 Å². The molecule has 1 heterocycles. The van der Waals surface area contributed by atoms with Crippen LogP contribution in [0.3, 0.4) is 0 Å². The van der Waals surface area contributed by atoms with E-state index < -0.39 is 0 Å². The molecule has 1 aromatic carbocycles. The zero-order valence-electron chi connectivity index (χ0n) is 10.8. The number of nitrogens with zero attached hydrogens (tertiary/aromatic N) is 1. The van der Waals surface area contributed by atoms with Gasteiger partial charge in [-0.15, -0.1) is 0 Å². The summed E-state index contributed by atoms with van der Waals surface area (Å²) in [4.78, 5) is 13.1. The molecule has 1 aliphatic heterocycles. The minimum atomic E-state index is -0.236. The van der Waals surface area contributed by atoms with Gasteiger partial charge in [0.2, 0.25) is 0 Å². The number of ether oxygens (including phenoxy) is 1. The first kappa shape index (κ1) is 13.3. The Kier molecular flexibility index (Phi) is 4.53. The number of aryl methyl sites for hydroxylation is 1. The second kappa shape index (κ2) is 6.14. The predicted octanol–water partition coefficient (Wildman–Crippen LogP) is 2.80. The molecule has 18 heavy (non-hydrogen) atoms. The van der Waals surface area contributed by atoms with Crippen LogP contribution in [-0.2, 0) is 11.2 Å². The minimum Gasteiger partial charge on any atom is -0.445 e. The van der Waals surface area contributed by atoms with Crippen molar-refractivity contribution >= 4 is 17.9 Å². The third-order valence-corrected chi connectivity index (χ3v) is 3.97. The van der Waals surface area contributed by atoms with E-state index in [1.165, 1.54) is 10.5 Å². The van der Waals surface area contributed by atoms with Gasteiger partial charge in [0.05, 0.1) is 5.25 Å². The Labute approximate surface area is 113 Å². The van der Waals surface area contributed by atoms with Crippen LogP contribution in [0, 0.1) is 0 Å². The van der Waals surface area contributed by atoms with Crippen LogP contribution < -0.4 is 0 Å². The molecule has 98 valence electrons. The van der Waals surface area contributed by atoms with Crippen LogP contribution in [0.4, 0.5) is 4.79 Å². The molecular weight excluding hydrogens is 246 g/mol. The molecule has 3 nitrogen and oxygen atoms in total. The first-order valence-corrected chi connectivity index (χ1v) is 7.25. The van der Waals surface area contributed by atoms with Crippen LogP contribution in [-0.4, -0.2) is 42.2 Å². The van der Waals surface area contributed by atoms with E-state index in [4.69, 9.17) is 4.74 Å². The highest BCUT2D eigenvalue weighted by molar-refractivity contribution is 8.06.